The minimum absolute atomic E-state index is 0.183. The van der Waals surface area contributed by atoms with Crippen LogP contribution in [0.5, 0.6) is 0 Å². The molecule has 0 saturated carbocycles. The van der Waals surface area contributed by atoms with E-state index in [9.17, 15) is 0 Å². The Labute approximate surface area is 225 Å². The molecular weight excluding hydrogens is 422 g/mol. The molecule has 1 heteroatoms. The Kier molecular flexibility index (Phi) is 13.6. The number of hydrogen-bond acceptors (Lipinski definition) is 1. The number of hydrogen-bond donors (Lipinski definition) is 0. The molecule has 2 atom stereocenters. The highest BCUT2D eigenvalue weighted by molar-refractivity contribution is 5.09. The van der Waals surface area contributed by atoms with Crippen LogP contribution in [-0.2, 0) is 0 Å². The lowest BCUT2D eigenvalue weighted by atomic mass is 9.62. The van der Waals surface area contributed by atoms with Crippen molar-refractivity contribution in [3.63, 3.8) is 0 Å². The Bertz CT molecular complexity index is 541. The van der Waals surface area contributed by atoms with E-state index >= 15 is 0 Å². The average molecular weight is 494 g/mol. The van der Waals surface area contributed by atoms with Crippen molar-refractivity contribution in [2.45, 2.75) is 204 Å². The van der Waals surface area contributed by atoms with Crippen LogP contribution in [0.2, 0.25) is 0 Å². The maximum absolute atomic E-state index is 3.21. The molecule has 0 amide bonds. The molecule has 35 heavy (non-hydrogen) atoms. The first-order valence-corrected chi connectivity index (χ1v) is 15.9. The largest absolute Gasteiger partial charge is 0.287 e. The van der Waals surface area contributed by atoms with Crippen molar-refractivity contribution in [2.24, 2.45) is 16.2 Å². The molecule has 0 aliphatic rings. The average Bonchev–Trinajstić information content (AvgIpc) is 2.87. The summed E-state index contributed by atoms with van der Waals surface area (Å²) in [7, 11) is 0. The fourth-order valence-corrected chi connectivity index (χ4v) is 7.55. The van der Waals surface area contributed by atoms with Crippen LogP contribution in [-0.4, -0.2) is 21.5 Å². The zero-order chi connectivity index (χ0) is 27.8. The SMILES string of the molecule is CCC(C)(CC)CC(C)(CC)N(C(C)(CC)CC(C)(CC)CC)C(CC)(CC)CC(C)(CC)CC. The molecule has 0 aromatic heterocycles. The van der Waals surface area contributed by atoms with Gasteiger partial charge in [0.25, 0.3) is 0 Å². The third-order valence-corrected chi connectivity index (χ3v) is 11.9. The van der Waals surface area contributed by atoms with Gasteiger partial charge in [0, 0.05) is 16.6 Å². The summed E-state index contributed by atoms with van der Waals surface area (Å²) < 4.78 is 0. The minimum Gasteiger partial charge on any atom is -0.287 e. The first-order valence-electron chi connectivity index (χ1n) is 15.9. The van der Waals surface area contributed by atoms with Crippen molar-refractivity contribution >= 4 is 0 Å². The van der Waals surface area contributed by atoms with E-state index in [0.29, 0.717) is 16.2 Å². The van der Waals surface area contributed by atoms with Gasteiger partial charge in [-0.3, -0.25) is 4.90 Å². The highest BCUT2D eigenvalue weighted by Gasteiger charge is 2.55. The summed E-state index contributed by atoms with van der Waals surface area (Å²) in [5.41, 5.74) is 1.77. The Morgan fingerprint density at radius 3 is 0.800 bits per heavy atom. The van der Waals surface area contributed by atoms with E-state index in [1.54, 1.807) is 0 Å². The first-order chi connectivity index (χ1) is 16.1. The summed E-state index contributed by atoms with van der Waals surface area (Å²) in [5.74, 6) is 0. The molecule has 0 bridgehead atoms. The van der Waals surface area contributed by atoms with Crippen LogP contribution in [0.3, 0.4) is 0 Å². The van der Waals surface area contributed by atoms with Crippen LogP contribution in [0, 0.1) is 16.2 Å². The molecule has 0 fully saturated rings. The molecular formula is C34H71N. The van der Waals surface area contributed by atoms with Crippen LogP contribution >= 0.6 is 0 Å². The first kappa shape index (κ1) is 35.0. The highest BCUT2D eigenvalue weighted by Crippen LogP contribution is 2.54. The van der Waals surface area contributed by atoms with Gasteiger partial charge in [0.15, 0.2) is 0 Å². The van der Waals surface area contributed by atoms with E-state index in [1.165, 1.54) is 83.5 Å². The topological polar surface area (TPSA) is 3.24 Å². The number of rotatable bonds is 19. The summed E-state index contributed by atoms with van der Waals surface area (Å²) in [6.45, 7) is 37.6. The summed E-state index contributed by atoms with van der Waals surface area (Å²) >= 11 is 0. The molecule has 0 aromatic carbocycles. The van der Waals surface area contributed by atoms with Gasteiger partial charge in [-0.15, -0.1) is 0 Å². The molecule has 0 radical (unpaired) electrons. The predicted molar refractivity (Wildman–Crippen MR) is 162 cm³/mol. The highest BCUT2D eigenvalue weighted by atomic mass is 15.3. The van der Waals surface area contributed by atoms with Gasteiger partial charge in [-0.2, -0.15) is 0 Å². The van der Waals surface area contributed by atoms with E-state index in [0.717, 1.165) is 0 Å². The van der Waals surface area contributed by atoms with Gasteiger partial charge in [-0.25, -0.2) is 0 Å². The van der Waals surface area contributed by atoms with E-state index in [2.05, 4.69) is 109 Å². The minimum atomic E-state index is 0.183. The van der Waals surface area contributed by atoms with Crippen molar-refractivity contribution in [3.05, 3.63) is 0 Å². The van der Waals surface area contributed by atoms with Crippen molar-refractivity contribution in [3.8, 4) is 0 Å². The van der Waals surface area contributed by atoms with Crippen molar-refractivity contribution < 1.29 is 0 Å². The van der Waals surface area contributed by atoms with Crippen LogP contribution < -0.4 is 0 Å². The smallest absolute Gasteiger partial charge is 0.0220 e. The predicted octanol–water partition coefficient (Wildman–Crippen LogP) is 11.8. The van der Waals surface area contributed by atoms with Gasteiger partial charge in [0.1, 0.15) is 0 Å². The second kappa shape index (κ2) is 13.7. The maximum Gasteiger partial charge on any atom is 0.0220 e. The van der Waals surface area contributed by atoms with Crippen molar-refractivity contribution in [1.29, 1.82) is 0 Å². The number of nitrogens with zero attached hydrogens (tertiary/aromatic N) is 1. The summed E-state index contributed by atoms with van der Waals surface area (Å²) in [6.07, 6.45) is 16.5. The summed E-state index contributed by atoms with van der Waals surface area (Å²) in [6, 6.07) is 0. The molecule has 0 aliphatic heterocycles. The monoisotopic (exact) mass is 494 g/mol. The van der Waals surface area contributed by atoms with Gasteiger partial charge >= 0.3 is 0 Å². The van der Waals surface area contributed by atoms with Crippen LogP contribution in [0.1, 0.15) is 187 Å². The molecule has 212 valence electrons. The zero-order valence-electron chi connectivity index (χ0n) is 27.6. The lowest BCUT2D eigenvalue weighted by molar-refractivity contribution is -0.145. The summed E-state index contributed by atoms with van der Waals surface area (Å²) in [5, 5.41) is 0. The van der Waals surface area contributed by atoms with Gasteiger partial charge in [0.2, 0.25) is 0 Å². The normalized spacial score (nSPS) is 17.5. The van der Waals surface area contributed by atoms with Crippen molar-refractivity contribution in [2.75, 3.05) is 0 Å². The van der Waals surface area contributed by atoms with Gasteiger partial charge < -0.3 is 0 Å². The Balaban J connectivity index is 7.34. The Morgan fingerprint density at radius 2 is 0.600 bits per heavy atom. The molecule has 0 spiro atoms. The third-order valence-electron chi connectivity index (χ3n) is 11.9. The third kappa shape index (κ3) is 7.97. The second-order valence-corrected chi connectivity index (χ2v) is 14.1. The van der Waals surface area contributed by atoms with E-state index in [4.69, 9.17) is 0 Å². The molecule has 0 aliphatic carbocycles. The zero-order valence-corrected chi connectivity index (χ0v) is 27.6. The molecule has 2 unspecified atom stereocenters. The summed E-state index contributed by atoms with van der Waals surface area (Å²) in [4.78, 5) is 3.21. The van der Waals surface area contributed by atoms with E-state index in [-0.39, 0.29) is 16.6 Å². The fourth-order valence-electron chi connectivity index (χ4n) is 7.55. The fraction of sp³-hybridized carbons (Fsp3) is 1.00. The van der Waals surface area contributed by atoms with Crippen LogP contribution in [0.25, 0.3) is 0 Å². The standard InChI is InChI=1S/C34H71N/c1-16-29(11,17-2)26-32(14,22-7)35(33(15,23-8)27-30(12,18-3)19-4)34(24-9,25-10)28-31(13,20-5)21-6/h16-28H2,1-15H3. The van der Waals surface area contributed by atoms with E-state index < -0.39 is 0 Å². The molecule has 0 rings (SSSR count). The van der Waals surface area contributed by atoms with Gasteiger partial charge in [-0.05, 0) is 75.0 Å². The lowest BCUT2D eigenvalue weighted by Crippen LogP contribution is -2.69. The van der Waals surface area contributed by atoms with Gasteiger partial charge in [-0.1, -0.05) is 129 Å². The van der Waals surface area contributed by atoms with Crippen molar-refractivity contribution in [1.82, 2.24) is 4.90 Å². The van der Waals surface area contributed by atoms with Gasteiger partial charge in [0.05, 0.1) is 0 Å². The Morgan fingerprint density at radius 1 is 0.343 bits per heavy atom. The molecule has 0 heterocycles. The second-order valence-electron chi connectivity index (χ2n) is 14.1. The van der Waals surface area contributed by atoms with Crippen LogP contribution in [0.15, 0.2) is 0 Å². The lowest BCUT2D eigenvalue weighted by Gasteiger charge is -2.64. The molecule has 0 aromatic rings. The Hall–Kier alpha value is -0.0400. The maximum atomic E-state index is 3.21. The van der Waals surface area contributed by atoms with Crippen LogP contribution in [0.4, 0.5) is 0 Å². The van der Waals surface area contributed by atoms with E-state index in [1.807, 2.05) is 0 Å². The molecule has 0 saturated heterocycles. The molecule has 0 N–H and O–H groups in total. The molecule has 1 nitrogen and oxygen atoms in total. The quantitative estimate of drug-likeness (QED) is 0.173.